The summed E-state index contributed by atoms with van der Waals surface area (Å²) < 4.78 is 5.22. The second-order valence-corrected chi connectivity index (χ2v) is 3.75. The van der Waals surface area contributed by atoms with E-state index in [1.165, 1.54) is 12.1 Å². The summed E-state index contributed by atoms with van der Waals surface area (Å²) in [6.45, 7) is 4.08. The summed E-state index contributed by atoms with van der Waals surface area (Å²) in [7, 11) is 1.73. The van der Waals surface area contributed by atoms with Crippen LogP contribution in [0, 0.1) is 10.1 Å². The molecule has 2 N–H and O–H groups in total. The van der Waals surface area contributed by atoms with Gasteiger partial charge in [0.05, 0.1) is 4.92 Å². The molecule has 6 heteroatoms. The fourth-order valence-corrected chi connectivity index (χ4v) is 1.51. The lowest BCUT2D eigenvalue weighted by Gasteiger charge is -2.08. The minimum Gasteiger partial charge on any atom is -0.388 e. The molecule has 0 aliphatic heterocycles. The standard InChI is InChI=1S/C12H19N3O3/c1-3-18-6-4-5-14-11-7-10(13-2)8-12(9-11)15(16)17/h7-9,13-14H,3-6H2,1-2H3. The van der Waals surface area contributed by atoms with E-state index in [0.29, 0.717) is 13.2 Å². The summed E-state index contributed by atoms with van der Waals surface area (Å²) in [5.41, 5.74) is 1.54. The maximum absolute atomic E-state index is 10.8. The smallest absolute Gasteiger partial charge is 0.273 e. The van der Waals surface area contributed by atoms with E-state index < -0.39 is 4.92 Å². The number of benzene rings is 1. The highest BCUT2D eigenvalue weighted by molar-refractivity contribution is 5.63. The first-order valence-corrected chi connectivity index (χ1v) is 5.96. The van der Waals surface area contributed by atoms with Crippen LogP contribution in [0.2, 0.25) is 0 Å². The van der Waals surface area contributed by atoms with E-state index in [1.807, 2.05) is 13.0 Å². The van der Waals surface area contributed by atoms with Gasteiger partial charge in [-0.15, -0.1) is 0 Å². The molecule has 1 aromatic carbocycles. The van der Waals surface area contributed by atoms with Crippen molar-refractivity contribution >= 4 is 17.1 Å². The van der Waals surface area contributed by atoms with Crippen molar-refractivity contribution in [2.75, 3.05) is 37.4 Å². The molecule has 0 radical (unpaired) electrons. The number of nitrogens with zero attached hydrogens (tertiary/aromatic N) is 1. The largest absolute Gasteiger partial charge is 0.388 e. The monoisotopic (exact) mass is 253 g/mol. The number of nitro benzene ring substituents is 1. The summed E-state index contributed by atoms with van der Waals surface area (Å²) >= 11 is 0. The number of rotatable bonds is 8. The Bertz CT molecular complexity index is 396. The van der Waals surface area contributed by atoms with Crippen LogP contribution >= 0.6 is 0 Å². The van der Waals surface area contributed by atoms with Crippen LogP contribution in [0.1, 0.15) is 13.3 Å². The summed E-state index contributed by atoms with van der Waals surface area (Å²) in [6, 6.07) is 4.88. The molecule has 0 unspecified atom stereocenters. The van der Waals surface area contributed by atoms with Gasteiger partial charge in [-0.2, -0.15) is 0 Å². The molecule has 0 saturated carbocycles. The van der Waals surface area contributed by atoms with Crippen LogP contribution in [-0.2, 0) is 4.74 Å². The van der Waals surface area contributed by atoms with Gasteiger partial charge < -0.3 is 15.4 Å². The van der Waals surface area contributed by atoms with Gasteiger partial charge >= 0.3 is 0 Å². The first-order chi connectivity index (χ1) is 8.67. The molecule has 0 bridgehead atoms. The Morgan fingerprint density at radius 1 is 1.33 bits per heavy atom. The number of nitro groups is 1. The van der Waals surface area contributed by atoms with E-state index in [2.05, 4.69) is 10.6 Å². The molecule has 0 aromatic heterocycles. The number of anilines is 2. The highest BCUT2D eigenvalue weighted by Crippen LogP contribution is 2.23. The Morgan fingerprint density at radius 2 is 2.06 bits per heavy atom. The Morgan fingerprint density at radius 3 is 2.67 bits per heavy atom. The third kappa shape index (κ3) is 4.58. The van der Waals surface area contributed by atoms with Crippen molar-refractivity contribution in [3.8, 4) is 0 Å². The number of nitrogens with one attached hydrogen (secondary N) is 2. The van der Waals surface area contributed by atoms with Crippen molar-refractivity contribution in [3.05, 3.63) is 28.3 Å². The summed E-state index contributed by atoms with van der Waals surface area (Å²) in [4.78, 5) is 10.4. The van der Waals surface area contributed by atoms with Gasteiger partial charge in [0.15, 0.2) is 0 Å². The number of ether oxygens (including phenoxy) is 1. The van der Waals surface area contributed by atoms with Gasteiger partial charge in [0.25, 0.3) is 5.69 Å². The first kappa shape index (κ1) is 14.2. The van der Waals surface area contributed by atoms with Crippen LogP contribution in [0.3, 0.4) is 0 Å². The molecule has 0 aliphatic rings. The zero-order valence-electron chi connectivity index (χ0n) is 10.7. The van der Waals surface area contributed by atoms with Crippen molar-refractivity contribution in [1.29, 1.82) is 0 Å². The van der Waals surface area contributed by atoms with Gasteiger partial charge in [-0.3, -0.25) is 10.1 Å². The van der Waals surface area contributed by atoms with Gasteiger partial charge in [-0.25, -0.2) is 0 Å². The predicted octanol–water partition coefficient (Wildman–Crippen LogP) is 2.48. The molecule has 6 nitrogen and oxygen atoms in total. The quantitative estimate of drug-likeness (QED) is 0.423. The fourth-order valence-electron chi connectivity index (χ4n) is 1.51. The van der Waals surface area contributed by atoms with Crippen molar-refractivity contribution in [2.24, 2.45) is 0 Å². The highest BCUT2D eigenvalue weighted by Gasteiger charge is 2.08. The average molecular weight is 253 g/mol. The van der Waals surface area contributed by atoms with Crippen LogP contribution < -0.4 is 10.6 Å². The zero-order valence-corrected chi connectivity index (χ0v) is 10.7. The first-order valence-electron chi connectivity index (χ1n) is 5.96. The second-order valence-electron chi connectivity index (χ2n) is 3.75. The Labute approximate surface area is 106 Å². The fraction of sp³-hybridized carbons (Fsp3) is 0.500. The van der Waals surface area contributed by atoms with Crippen molar-refractivity contribution in [2.45, 2.75) is 13.3 Å². The van der Waals surface area contributed by atoms with Gasteiger partial charge in [0.2, 0.25) is 0 Å². The van der Waals surface area contributed by atoms with Crippen LogP contribution in [0.15, 0.2) is 18.2 Å². The van der Waals surface area contributed by atoms with Crippen LogP contribution in [0.5, 0.6) is 0 Å². The molecule has 0 spiro atoms. The third-order valence-electron chi connectivity index (χ3n) is 2.42. The minimum atomic E-state index is -0.397. The Kier molecular flexibility index (Phi) is 5.93. The summed E-state index contributed by atoms with van der Waals surface area (Å²) in [5, 5.41) is 16.8. The molecule has 1 rings (SSSR count). The van der Waals surface area contributed by atoms with Crippen LogP contribution in [-0.4, -0.2) is 31.7 Å². The van der Waals surface area contributed by atoms with E-state index in [1.54, 1.807) is 7.05 Å². The van der Waals surface area contributed by atoms with Gasteiger partial charge in [0, 0.05) is 50.3 Å². The topological polar surface area (TPSA) is 76.4 Å². The van der Waals surface area contributed by atoms with Gasteiger partial charge in [0.1, 0.15) is 0 Å². The average Bonchev–Trinajstić information content (AvgIpc) is 2.38. The second kappa shape index (κ2) is 7.50. The lowest BCUT2D eigenvalue weighted by atomic mass is 10.2. The maximum Gasteiger partial charge on any atom is 0.273 e. The van der Waals surface area contributed by atoms with E-state index >= 15 is 0 Å². The number of hydrogen-bond donors (Lipinski definition) is 2. The highest BCUT2D eigenvalue weighted by atomic mass is 16.6. The molecule has 0 fully saturated rings. The third-order valence-corrected chi connectivity index (χ3v) is 2.42. The Balaban J connectivity index is 2.58. The van der Waals surface area contributed by atoms with Crippen molar-refractivity contribution in [3.63, 3.8) is 0 Å². The molecule has 0 aliphatic carbocycles. The van der Waals surface area contributed by atoms with Gasteiger partial charge in [-0.1, -0.05) is 0 Å². The van der Waals surface area contributed by atoms with Crippen molar-refractivity contribution < 1.29 is 9.66 Å². The zero-order chi connectivity index (χ0) is 13.4. The summed E-state index contributed by atoms with van der Waals surface area (Å²) in [6.07, 6.45) is 0.866. The molecule has 100 valence electrons. The normalized spacial score (nSPS) is 10.1. The van der Waals surface area contributed by atoms with E-state index in [0.717, 1.165) is 24.3 Å². The molecule has 1 aromatic rings. The lowest BCUT2D eigenvalue weighted by molar-refractivity contribution is -0.384. The van der Waals surface area contributed by atoms with E-state index in [9.17, 15) is 10.1 Å². The molecule has 0 heterocycles. The predicted molar refractivity (Wildman–Crippen MR) is 72.2 cm³/mol. The molecule has 0 amide bonds. The van der Waals surface area contributed by atoms with Crippen molar-refractivity contribution in [1.82, 2.24) is 0 Å². The lowest BCUT2D eigenvalue weighted by Crippen LogP contribution is -2.06. The minimum absolute atomic E-state index is 0.0779. The number of non-ortho nitro benzene ring substituents is 1. The van der Waals surface area contributed by atoms with Gasteiger partial charge in [-0.05, 0) is 19.4 Å². The van der Waals surface area contributed by atoms with E-state index in [-0.39, 0.29) is 5.69 Å². The SMILES string of the molecule is CCOCCCNc1cc(NC)cc([N+](=O)[O-])c1. The molecular weight excluding hydrogens is 234 g/mol. The van der Waals surface area contributed by atoms with Crippen LogP contribution in [0.4, 0.5) is 17.1 Å². The molecule has 0 atom stereocenters. The number of hydrogen-bond acceptors (Lipinski definition) is 5. The molecule has 0 saturated heterocycles. The molecular formula is C12H19N3O3. The van der Waals surface area contributed by atoms with Crippen LogP contribution in [0.25, 0.3) is 0 Å². The van der Waals surface area contributed by atoms with E-state index in [4.69, 9.17) is 4.74 Å². The molecule has 18 heavy (non-hydrogen) atoms. The summed E-state index contributed by atoms with van der Waals surface area (Å²) in [5.74, 6) is 0. The maximum atomic E-state index is 10.8. The Hall–Kier alpha value is -1.82.